The summed E-state index contributed by atoms with van der Waals surface area (Å²) in [6, 6.07) is 9.98. The number of nitrogens with one attached hydrogen (secondary N) is 1. The predicted octanol–water partition coefficient (Wildman–Crippen LogP) is 4.36. The van der Waals surface area contributed by atoms with Crippen molar-refractivity contribution in [1.82, 2.24) is 10.2 Å². The standard InChI is InChI=1S/C17H27BrN2/c1-3-17(14-8-10-15(18)11-9-14)19-12-13-20(2)16-6-4-5-7-16/h8-11,16-17,19H,3-7,12-13H2,1-2H3. The van der Waals surface area contributed by atoms with Crippen molar-refractivity contribution in [3.8, 4) is 0 Å². The summed E-state index contributed by atoms with van der Waals surface area (Å²) >= 11 is 3.50. The van der Waals surface area contributed by atoms with Crippen LogP contribution in [0, 0.1) is 0 Å². The van der Waals surface area contributed by atoms with Crippen LogP contribution in [0.2, 0.25) is 0 Å². The summed E-state index contributed by atoms with van der Waals surface area (Å²) < 4.78 is 1.15. The molecule has 2 nitrogen and oxygen atoms in total. The van der Waals surface area contributed by atoms with Gasteiger partial charge in [-0.3, -0.25) is 0 Å². The Morgan fingerprint density at radius 3 is 2.50 bits per heavy atom. The van der Waals surface area contributed by atoms with Gasteiger partial charge < -0.3 is 10.2 Å². The van der Waals surface area contributed by atoms with E-state index in [1.54, 1.807) is 0 Å². The average molecular weight is 339 g/mol. The van der Waals surface area contributed by atoms with Crippen LogP contribution in [0.25, 0.3) is 0 Å². The first-order valence-corrected chi connectivity index (χ1v) is 8.69. The molecule has 1 fully saturated rings. The normalized spacial score (nSPS) is 17.8. The molecule has 0 saturated heterocycles. The van der Waals surface area contributed by atoms with Crippen molar-refractivity contribution < 1.29 is 0 Å². The van der Waals surface area contributed by atoms with Gasteiger partial charge in [-0.25, -0.2) is 0 Å². The molecule has 112 valence electrons. The Balaban J connectivity index is 1.77. The maximum absolute atomic E-state index is 3.70. The van der Waals surface area contributed by atoms with Crippen LogP contribution in [0.5, 0.6) is 0 Å². The van der Waals surface area contributed by atoms with Gasteiger partial charge in [0.05, 0.1) is 0 Å². The molecule has 0 spiro atoms. The Kier molecular flexibility index (Phi) is 6.53. The lowest BCUT2D eigenvalue weighted by atomic mass is 10.0. The molecular weight excluding hydrogens is 312 g/mol. The van der Waals surface area contributed by atoms with Crippen LogP contribution >= 0.6 is 15.9 Å². The number of rotatable bonds is 7. The third-order valence-electron chi connectivity index (χ3n) is 4.48. The van der Waals surface area contributed by atoms with Crippen molar-refractivity contribution in [1.29, 1.82) is 0 Å². The highest BCUT2D eigenvalue weighted by Gasteiger charge is 2.19. The maximum atomic E-state index is 3.70. The van der Waals surface area contributed by atoms with Crippen LogP contribution < -0.4 is 5.32 Å². The summed E-state index contributed by atoms with van der Waals surface area (Å²) in [5.74, 6) is 0. The van der Waals surface area contributed by atoms with Crippen molar-refractivity contribution in [3.63, 3.8) is 0 Å². The van der Waals surface area contributed by atoms with E-state index < -0.39 is 0 Å². The summed E-state index contributed by atoms with van der Waals surface area (Å²) in [7, 11) is 2.28. The zero-order valence-electron chi connectivity index (χ0n) is 12.7. The minimum absolute atomic E-state index is 0.472. The second-order valence-corrected chi connectivity index (χ2v) is 6.80. The fourth-order valence-electron chi connectivity index (χ4n) is 3.14. The number of likely N-dealkylation sites (N-methyl/N-ethyl adjacent to an activating group) is 1. The Morgan fingerprint density at radius 1 is 1.25 bits per heavy atom. The first kappa shape index (κ1) is 16.0. The van der Waals surface area contributed by atoms with E-state index in [2.05, 4.69) is 64.4 Å². The van der Waals surface area contributed by atoms with E-state index >= 15 is 0 Å². The van der Waals surface area contributed by atoms with Gasteiger partial charge in [0.1, 0.15) is 0 Å². The summed E-state index contributed by atoms with van der Waals surface area (Å²) in [5, 5.41) is 3.70. The van der Waals surface area contributed by atoms with Crippen molar-refractivity contribution >= 4 is 15.9 Å². The maximum Gasteiger partial charge on any atom is 0.0318 e. The predicted molar refractivity (Wildman–Crippen MR) is 90.1 cm³/mol. The van der Waals surface area contributed by atoms with E-state index in [1.807, 2.05) is 0 Å². The lowest BCUT2D eigenvalue weighted by Gasteiger charge is -2.25. The molecule has 1 saturated carbocycles. The smallest absolute Gasteiger partial charge is 0.0318 e. The fraction of sp³-hybridized carbons (Fsp3) is 0.647. The Morgan fingerprint density at radius 2 is 1.90 bits per heavy atom. The molecule has 0 radical (unpaired) electrons. The van der Waals surface area contributed by atoms with Crippen molar-refractivity contribution in [3.05, 3.63) is 34.3 Å². The van der Waals surface area contributed by atoms with Crippen molar-refractivity contribution in [2.75, 3.05) is 20.1 Å². The number of halogens is 1. The van der Waals surface area contributed by atoms with Gasteiger partial charge in [-0.15, -0.1) is 0 Å². The molecule has 0 aromatic heterocycles. The molecule has 1 aliphatic carbocycles. The Labute approximate surface area is 132 Å². The minimum Gasteiger partial charge on any atom is -0.309 e. The average Bonchev–Trinajstić information content (AvgIpc) is 2.99. The van der Waals surface area contributed by atoms with Crippen LogP contribution in [-0.2, 0) is 0 Å². The van der Waals surface area contributed by atoms with Crippen LogP contribution in [0.1, 0.15) is 50.6 Å². The molecule has 3 heteroatoms. The Hall–Kier alpha value is -0.380. The molecule has 0 amide bonds. The van der Waals surface area contributed by atoms with Gasteiger partial charge in [0.25, 0.3) is 0 Å². The molecule has 20 heavy (non-hydrogen) atoms. The highest BCUT2D eigenvalue weighted by Crippen LogP contribution is 2.22. The molecule has 0 heterocycles. The second-order valence-electron chi connectivity index (χ2n) is 5.89. The molecule has 2 rings (SSSR count). The Bertz CT molecular complexity index is 384. The summed E-state index contributed by atoms with van der Waals surface area (Å²) in [6.07, 6.45) is 6.74. The SMILES string of the molecule is CCC(NCCN(C)C1CCCC1)c1ccc(Br)cc1. The third kappa shape index (κ3) is 4.57. The van der Waals surface area contributed by atoms with Crippen LogP contribution in [0.4, 0.5) is 0 Å². The van der Waals surface area contributed by atoms with Gasteiger partial charge in [-0.1, -0.05) is 47.8 Å². The van der Waals surface area contributed by atoms with Gasteiger partial charge in [0.15, 0.2) is 0 Å². The molecule has 1 N–H and O–H groups in total. The molecule has 1 unspecified atom stereocenters. The van der Waals surface area contributed by atoms with E-state index in [-0.39, 0.29) is 0 Å². The molecular formula is C17H27BrN2. The largest absolute Gasteiger partial charge is 0.309 e. The third-order valence-corrected chi connectivity index (χ3v) is 5.01. The molecule has 1 aromatic rings. The molecule has 0 aliphatic heterocycles. The summed E-state index contributed by atoms with van der Waals surface area (Å²) in [4.78, 5) is 2.54. The summed E-state index contributed by atoms with van der Waals surface area (Å²) in [6.45, 7) is 4.47. The van der Waals surface area contributed by atoms with Crippen LogP contribution in [0.3, 0.4) is 0 Å². The number of hydrogen-bond donors (Lipinski definition) is 1. The lowest BCUT2D eigenvalue weighted by Crippen LogP contribution is -2.36. The highest BCUT2D eigenvalue weighted by atomic mass is 79.9. The van der Waals surface area contributed by atoms with E-state index in [1.165, 1.54) is 31.2 Å². The summed E-state index contributed by atoms with van der Waals surface area (Å²) in [5.41, 5.74) is 1.39. The molecule has 0 bridgehead atoms. The van der Waals surface area contributed by atoms with Gasteiger partial charge in [-0.2, -0.15) is 0 Å². The van der Waals surface area contributed by atoms with Crippen molar-refractivity contribution in [2.45, 2.75) is 51.1 Å². The number of benzene rings is 1. The zero-order chi connectivity index (χ0) is 14.4. The molecule has 1 aromatic carbocycles. The van der Waals surface area contributed by atoms with Gasteiger partial charge in [0, 0.05) is 29.6 Å². The van der Waals surface area contributed by atoms with Crippen LogP contribution in [0.15, 0.2) is 28.7 Å². The monoisotopic (exact) mass is 338 g/mol. The quantitative estimate of drug-likeness (QED) is 0.794. The minimum atomic E-state index is 0.472. The molecule has 1 atom stereocenters. The second kappa shape index (κ2) is 8.16. The van der Waals surface area contributed by atoms with E-state index in [0.29, 0.717) is 6.04 Å². The van der Waals surface area contributed by atoms with E-state index in [9.17, 15) is 0 Å². The van der Waals surface area contributed by atoms with E-state index in [4.69, 9.17) is 0 Å². The molecule has 1 aliphatic rings. The van der Waals surface area contributed by atoms with Gasteiger partial charge >= 0.3 is 0 Å². The number of nitrogens with zero attached hydrogens (tertiary/aromatic N) is 1. The first-order valence-electron chi connectivity index (χ1n) is 7.89. The number of hydrogen-bond acceptors (Lipinski definition) is 2. The van der Waals surface area contributed by atoms with E-state index in [0.717, 1.165) is 30.0 Å². The fourth-order valence-corrected chi connectivity index (χ4v) is 3.40. The lowest BCUT2D eigenvalue weighted by molar-refractivity contribution is 0.242. The first-order chi connectivity index (χ1) is 9.70. The van der Waals surface area contributed by atoms with Gasteiger partial charge in [-0.05, 0) is 44.0 Å². The van der Waals surface area contributed by atoms with Crippen molar-refractivity contribution in [2.24, 2.45) is 0 Å². The topological polar surface area (TPSA) is 15.3 Å². The van der Waals surface area contributed by atoms with Crippen LogP contribution in [-0.4, -0.2) is 31.1 Å². The highest BCUT2D eigenvalue weighted by molar-refractivity contribution is 9.10. The zero-order valence-corrected chi connectivity index (χ0v) is 14.3. The van der Waals surface area contributed by atoms with Gasteiger partial charge in [0.2, 0.25) is 0 Å².